The molecule has 2 aromatic carbocycles. The molecule has 1 aliphatic rings. The highest BCUT2D eigenvalue weighted by atomic mass is 16.2. The number of hydrogen-bond donors (Lipinski definition) is 2. The second kappa shape index (κ2) is 10.6. The first kappa shape index (κ1) is 20.9. The van der Waals surface area contributed by atoms with E-state index in [1.165, 1.54) is 22.3 Å². The molecule has 0 aromatic heterocycles. The Hall–Kier alpha value is -2.82. The van der Waals surface area contributed by atoms with Crippen molar-refractivity contribution in [3.8, 4) is 0 Å². The number of nitrogens with zero attached hydrogens (tertiary/aromatic N) is 2. The van der Waals surface area contributed by atoms with Crippen LogP contribution < -0.4 is 10.6 Å². The summed E-state index contributed by atoms with van der Waals surface area (Å²) in [6.07, 6.45) is 2.31. The Labute approximate surface area is 174 Å². The molecule has 0 unspecified atom stereocenters. The Morgan fingerprint density at radius 2 is 1.83 bits per heavy atom. The van der Waals surface area contributed by atoms with Gasteiger partial charge in [0, 0.05) is 32.6 Å². The predicted octanol–water partition coefficient (Wildman–Crippen LogP) is 3.42. The molecule has 0 radical (unpaired) electrons. The molecule has 0 saturated carbocycles. The van der Waals surface area contributed by atoms with Crippen LogP contribution in [-0.4, -0.2) is 36.4 Å². The van der Waals surface area contributed by atoms with E-state index in [1.54, 1.807) is 0 Å². The van der Waals surface area contributed by atoms with Crippen molar-refractivity contribution in [1.29, 1.82) is 0 Å². The van der Waals surface area contributed by atoms with Gasteiger partial charge in [0.2, 0.25) is 5.91 Å². The first-order valence-electron chi connectivity index (χ1n) is 10.6. The van der Waals surface area contributed by atoms with Crippen molar-refractivity contribution in [2.24, 2.45) is 4.99 Å². The molecule has 0 spiro atoms. The Morgan fingerprint density at radius 1 is 1.07 bits per heavy atom. The van der Waals surface area contributed by atoms with Crippen LogP contribution in [0.2, 0.25) is 0 Å². The van der Waals surface area contributed by atoms with Crippen LogP contribution in [0.5, 0.6) is 0 Å². The van der Waals surface area contributed by atoms with Gasteiger partial charge in [0.1, 0.15) is 0 Å². The first-order chi connectivity index (χ1) is 14.2. The molecule has 3 rings (SSSR count). The van der Waals surface area contributed by atoms with Crippen LogP contribution in [-0.2, 0) is 24.3 Å². The summed E-state index contributed by atoms with van der Waals surface area (Å²) in [4.78, 5) is 19.2. The van der Waals surface area contributed by atoms with E-state index in [4.69, 9.17) is 0 Å². The van der Waals surface area contributed by atoms with Crippen molar-refractivity contribution in [1.82, 2.24) is 15.5 Å². The summed E-state index contributed by atoms with van der Waals surface area (Å²) in [5.74, 6) is 1.04. The van der Waals surface area contributed by atoms with Crippen LogP contribution in [0.15, 0.2) is 53.5 Å². The lowest BCUT2D eigenvalue weighted by atomic mass is 9.99. The second-order valence-corrected chi connectivity index (χ2v) is 7.49. The number of aliphatic imine (C=N–C) groups is 1. The average Bonchev–Trinajstić information content (AvgIpc) is 2.75. The molecule has 29 heavy (non-hydrogen) atoms. The van der Waals surface area contributed by atoms with Crippen molar-refractivity contribution >= 4 is 11.9 Å². The van der Waals surface area contributed by atoms with Gasteiger partial charge in [-0.3, -0.25) is 4.79 Å². The standard InChI is InChI=1S/C24H32N4O/c1-3-25-24(27-17-21-11-5-4-9-19(21)2)26-15-8-13-23(29)28-16-14-20-10-6-7-12-22(20)18-28/h4-7,9-12H,3,8,13-18H2,1-2H3,(H2,25,26,27). The third kappa shape index (κ3) is 6.08. The van der Waals surface area contributed by atoms with Gasteiger partial charge in [-0.05, 0) is 48.9 Å². The lowest BCUT2D eigenvalue weighted by Gasteiger charge is -2.29. The fraction of sp³-hybridized carbons (Fsp3) is 0.417. The van der Waals surface area contributed by atoms with Gasteiger partial charge in [-0.1, -0.05) is 48.5 Å². The average molecular weight is 393 g/mol. The van der Waals surface area contributed by atoms with Gasteiger partial charge in [-0.2, -0.15) is 0 Å². The van der Waals surface area contributed by atoms with Gasteiger partial charge < -0.3 is 15.5 Å². The fourth-order valence-electron chi connectivity index (χ4n) is 3.61. The number of nitrogens with one attached hydrogen (secondary N) is 2. The third-order valence-corrected chi connectivity index (χ3v) is 5.36. The molecule has 1 amide bonds. The molecular weight excluding hydrogens is 360 g/mol. The number of rotatable bonds is 7. The van der Waals surface area contributed by atoms with E-state index in [1.807, 2.05) is 17.0 Å². The monoisotopic (exact) mass is 392 g/mol. The Bertz CT molecular complexity index is 846. The lowest BCUT2D eigenvalue weighted by molar-refractivity contribution is -0.132. The number of fused-ring (bicyclic) bond motifs is 1. The molecule has 1 heterocycles. The summed E-state index contributed by atoms with van der Waals surface area (Å²) in [5, 5.41) is 6.63. The van der Waals surface area contributed by atoms with E-state index >= 15 is 0 Å². The Morgan fingerprint density at radius 3 is 2.62 bits per heavy atom. The molecule has 0 fully saturated rings. The second-order valence-electron chi connectivity index (χ2n) is 7.49. The summed E-state index contributed by atoms with van der Waals surface area (Å²) < 4.78 is 0. The third-order valence-electron chi connectivity index (χ3n) is 5.36. The van der Waals surface area contributed by atoms with E-state index in [9.17, 15) is 4.79 Å². The van der Waals surface area contributed by atoms with Crippen molar-refractivity contribution in [2.45, 2.75) is 46.2 Å². The summed E-state index contributed by atoms with van der Waals surface area (Å²) in [7, 11) is 0. The number of carbonyl (C=O) groups is 1. The maximum Gasteiger partial charge on any atom is 0.222 e. The number of aryl methyl sites for hydroxylation is 1. The topological polar surface area (TPSA) is 56.7 Å². The number of amides is 1. The Kier molecular flexibility index (Phi) is 7.68. The molecule has 0 atom stereocenters. The Balaban J connectivity index is 1.43. The number of guanidine groups is 1. The molecule has 2 aromatic rings. The molecule has 5 nitrogen and oxygen atoms in total. The summed E-state index contributed by atoms with van der Waals surface area (Å²) >= 11 is 0. The van der Waals surface area contributed by atoms with E-state index < -0.39 is 0 Å². The molecule has 1 aliphatic heterocycles. The minimum Gasteiger partial charge on any atom is -0.357 e. The van der Waals surface area contributed by atoms with Gasteiger partial charge in [0.15, 0.2) is 5.96 Å². The van der Waals surface area contributed by atoms with Crippen LogP contribution in [0.25, 0.3) is 0 Å². The molecule has 0 saturated heterocycles. The lowest BCUT2D eigenvalue weighted by Crippen LogP contribution is -2.39. The highest BCUT2D eigenvalue weighted by Gasteiger charge is 2.19. The van der Waals surface area contributed by atoms with Gasteiger partial charge in [0.25, 0.3) is 0 Å². The quantitative estimate of drug-likeness (QED) is 0.431. The van der Waals surface area contributed by atoms with Crippen LogP contribution >= 0.6 is 0 Å². The van der Waals surface area contributed by atoms with Gasteiger partial charge in [-0.25, -0.2) is 4.99 Å². The summed E-state index contributed by atoms with van der Waals surface area (Å²) in [5.41, 5.74) is 5.13. The zero-order valence-corrected chi connectivity index (χ0v) is 17.6. The minimum absolute atomic E-state index is 0.239. The van der Waals surface area contributed by atoms with Crippen LogP contribution in [0, 0.1) is 6.92 Å². The molecule has 0 bridgehead atoms. The van der Waals surface area contributed by atoms with Crippen molar-refractivity contribution in [2.75, 3.05) is 19.6 Å². The van der Waals surface area contributed by atoms with E-state index in [0.717, 1.165) is 45.0 Å². The van der Waals surface area contributed by atoms with Crippen LogP contribution in [0.4, 0.5) is 0 Å². The zero-order chi connectivity index (χ0) is 20.5. The maximum atomic E-state index is 12.6. The van der Waals surface area contributed by atoms with Gasteiger partial charge in [-0.15, -0.1) is 0 Å². The van der Waals surface area contributed by atoms with E-state index in [-0.39, 0.29) is 5.91 Å². The molecule has 5 heteroatoms. The first-order valence-corrected chi connectivity index (χ1v) is 10.6. The van der Waals surface area contributed by atoms with E-state index in [0.29, 0.717) is 13.0 Å². The summed E-state index contributed by atoms with van der Waals surface area (Å²) in [6.45, 7) is 7.92. The maximum absolute atomic E-state index is 12.6. The van der Waals surface area contributed by atoms with Gasteiger partial charge >= 0.3 is 0 Å². The fourth-order valence-corrected chi connectivity index (χ4v) is 3.61. The zero-order valence-electron chi connectivity index (χ0n) is 17.6. The predicted molar refractivity (Wildman–Crippen MR) is 119 cm³/mol. The van der Waals surface area contributed by atoms with Crippen LogP contribution in [0.3, 0.4) is 0 Å². The normalized spacial score (nSPS) is 13.7. The highest BCUT2D eigenvalue weighted by molar-refractivity contribution is 5.80. The minimum atomic E-state index is 0.239. The highest BCUT2D eigenvalue weighted by Crippen LogP contribution is 2.19. The molecule has 154 valence electrons. The molecule has 0 aliphatic carbocycles. The molecule has 2 N–H and O–H groups in total. The number of carbonyl (C=O) groups excluding carboxylic acids is 1. The van der Waals surface area contributed by atoms with Crippen molar-refractivity contribution < 1.29 is 4.79 Å². The van der Waals surface area contributed by atoms with Crippen molar-refractivity contribution in [3.05, 3.63) is 70.8 Å². The van der Waals surface area contributed by atoms with Crippen LogP contribution in [0.1, 0.15) is 42.0 Å². The SMILES string of the molecule is CCNC(=NCc1ccccc1C)NCCCC(=O)N1CCc2ccccc2C1. The number of benzene rings is 2. The molecular formula is C24H32N4O. The summed E-state index contributed by atoms with van der Waals surface area (Å²) in [6, 6.07) is 16.7. The van der Waals surface area contributed by atoms with Gasteiger partial charge in [0.05, 0.1) is 6.54 Å². The largest absolute Gasteiger partial charge is 0.357 e. The van der Waals surface area contributed by atoms with Crippen molar-refractivity contribution in [3.63, 3.8) is 0 Å². The van der Waals surface area contributed by atoms with E-state index in [2.05, 4.69) is 65.9 Å². The number of hydrogen-bond acceptors (Lipinski definition) is 2. The smallest absolute Gasteiger partial charge is 0.222 e.